The summed E-state index contributed by atoms with van der Waals surface area (Å²) in [6, 6.07) is 10.9. The smallest absolute Gasteiger partial charge is 0.0757 e. The quantitative estimate of drug-likeness (QED) is 0.856. The molecule has 1 aromatic heterocycles. The number of anilines is 1. The molecule has 4 nitrogen and oxygen atoms in total. The molecule has 0 aliphatic carbocycles. The maximum absolute atomic E-state index is 4.48. The van der Waals surface area contributed by atoms with Crippen LogP contribution in [0.15, 0.2) is 42.7 Å². The Morgan fingerprint density at radius 2 is 1.85 bits per heavy atom. The van der Waals surface area contributed by atoms with E-state index in [9.17, 15) is 0 Å². The Labute approximate surface area is 120 Å². The highest BCUT2D eigenvalue weighted by Gasteiger charge is 2.21. The fourth-order valence-electron chi connectivity index (χ4n) is 2.81. The highest BCUT2D eigenvalue weighted by molar-refractivity contribution is 5.45. The molecule has 1 saturated heterocycles. The first-order valence-electron chi connectivity index (χ1n) is 7.25. The fourth-order valence-corrected chi connectivity index (χ4v) is 2.81. The first-order chi connectivity index (χ1) is 9.74. The Kier molecular flexibility index (Phi) is 3.74. The number of para-hydroxylation sites is 1. The first kappa shape index (κ1) is 13.2. The summed E-state index contributed by atoms with van der Waals surface area (Å²) in [4.78, 5) is 4.77. The Morgan fingerprint density at radius 1 is 1.15 bits per heavy atom. The molecule has 4 heteroatoms. The van der Waals surface area contributed by atoms with Crippen molar-refractivity contribution >= 4 is 5.69 Å². The van der Waals surface area contributed by atoms with Crippen LogP contribution in [0.3, 0.4) is 0 Å². The third-order valence-electron chi connectivity index (χ3n) is 4.23. The zero-order valence-electron chi connectivity index (χ0n) is 12.2. The molecule has 1 aliphatic rings. The Balaban J connectivity index is 1.73. The van der Waals surface area contributed by atoms with Gasteiger partial charge in [0, 0.05) is 13.1 Å². The van der Waals surface area contributed by atoms with Crippen LogP contribution in [0, 0.1) is 0 Å². The summed E-state index contributed by atoms with van der Waals surface area (Å²) in [7, 11) is 4.38. The van der Waals surface area contributed by atoms with Crippen LogP contribution in [0.5, 0.6) is 0 Å². The zero-order valence-corrected chi connectivity index (χ0v) is 12.2. The summed E-state index contributed by atoms with van der Waals surface area (Å²) in [5.74, 6) is 0. The van der Waals surface area contributed by atoms with Crippen LogP contribution in [0.2, 0.25) is 0 Å². The van der Waals surface area contributed by atoms with Gasteiger partial charge < -0.3 is 9.80 Å². The van der Waals surface area contributed by atoms with E-state index >= 15 is 0 Å². The van der Waals surface area contributed by atoms with Crippen molar-refractivity contribution in [2.45, 2.75) is 18.9 Å². The third kappa shape index (κ3) is 2.70. The van der Waals surface area contributed by atoms with E-state index in [2.05, 4.69) is 47.3 Å². The van der Waals surface area contributed by atoms with Gasteiger partial charge in [-0.25, -0.2) is 4.68 Å². The molecule has 20 heavy (non-hydrogen) atoms. The number of benzene rings is 1. The van der Waals surface area contributed by atoms with E-state index in [1.165, 1.54) is 31.6 Å². The highest BCUT2D eigenvalue weighted by Crippen LogP contribution is 2.22. The summed E-state index contributed by atoms with van der Waals surface area (Å²) >= 11 is 0. The van der Waals surface area contributed by atoms with Gasteiger partial charge in [-0.1, -0.05) is 18.2 Å². The third-order valence-corrected chi connectivity index (χ3v) is 4.23. The Morgan fingerprint density at radius 3 is 2.55 bits per heavy atom. The second kappa shape index (κ2) is 5.67. The van der Waals surface area contributed by atoms with E-state index in [0.29, 0.717) is 6.04 Å². The van der Waals surface area contributed by atoms with Crippen molar-refractivity contribution in [3.8, 4) is 5.69 Å². The fraction of sp³-hybridized carbons (Fsp3) is 0.438. The molecular formula is C16H22N4. The van der Waals surface area contributed by atoms with E-state index < -0.39 is 0 Å². The molecule has 0 unspecified atom stereocenters. The largest absolute Gasteiger partial charge is 0.369 e. The van der Waals surface area contributed by atoms with Gasteiger partial charge in [0.1, 0.15) is 0 Å². The Bertz CT molecular complexity index is 541. The minimum absolute atomic E-state index is 0.625. The lowest BCUT2D eigenvalue weighted by atomic mass is 10.0. The molecule has 1 aromatic carbocycles. The molecule has 2 aromatic rings. The standard InChI is InChI=1S/C16H22N4/c1-18-10-8-14(9-11-18)19(2)16-12-17-20(13-16)15-6-4-3-5-7-15/h3-7,12-14H,8-11H2,1-2H3. The molecule has 0 saturated carbocycles. The normalized spacial score (nSPS) is 17.3. The monoisotopic (exact) mass is 270 g/mol. The van der Waals surface area contributed by atoms with Crippen LogP contribution in [0.25, 0.3) is 5.69 Å². The maximum Gasteiger partial charge on any atom is 0.0757 e. The van der Waals surface area contributed by atoms with Gasteiger partial charge in [0.25, 0.3) is 0 Å². The van der Waals surface area contributed by atoms with Crippen LogP contribution < -0.4 is 4.90 Å². The number of rotatable bonds is 3. The maximum atomic E-state index is 4.48. The van der Waals surface area contributed by atoms with Gasteiger partial charge in [0.05, 0.1) is 23.8 Å². The van der Waals surface area contributed by atoms with E-state index in [0.717, 1.165) is 5.69 Å². The van der Waals surface area contributed by atoms with Gasteiger partial charge in [0.2, 0.25) is 0 Å². The van der Waals surface area contributed by atoms with Gasteiger partial charge in [-0.2, -0.15) is 5.10 Å². The summed E-state index contributed by atoms with van der Waals surface area (Å²) < 4.78 is 1.95. The zero-order chi connectivity index (χ0) is 13.9. The molecule has 3 rings (SSSR count). The molecule has 106 valence electrons. The number of hydrogen-bond donors (Lipinski definition) is 0. The molecule has 1 aliphatic heterocycles. The van der Waals surface area contributed by atoms with Crippen molar-refractivity contribution in [1.29, 1.82) is 0 Å². The second-order valence-corrected chi connectivity index (χ2v) is 5.62. The van der Waals surface area contributed by atoms with Crippen molar-refractivity contribution in [2.24, 2.45) is 0 Å². The number of nitrogens with zero attached hydrogens (tertiary/aromatic N) is 4. The number of hydrogen-bond acceptors (Lipinski definition) is 3. The lowest BCUT2D eigenvalue weighted by Gasteiger charge is -2.35. The van der Waals surface area contributed by atoms with Crippen LogP contribution in [0.1, 0.15) is 12.8 Å². The van der Waals surface area contributed by atoms with Gasteiger partial charge in [-0.05, 0) is 45.1 Å². The van der Waals surface area contributed by atoms with Crippen molar-refractivity contribution in [1.82, 2.24) is 14.7 Å². The lowest BCUT2D eigenvalue weighted by Crippen LogP contribution is -2.41. The molecule has 0 N–H and O–H groups in total. The van der Waals surface area contributed by atoms with E-state index in [-0.39, 0.29) is 0 Å². The second-order valence-electron chi connectivity index (χ2n) is 5.62. The summed E-state index contributed by atoms with van der Waals surface area (Å²) in [5, 5.41) is 4.48. The van der Waals surface area contributed by atoms with E-state index in [4.69, 9.17) is 0 Å². The molecule has 1 fully saturated rings. The number of piperidine rings is 1. The van der Waals surface area contributed by atoms with Crippen molar-refractivity contribution in [3.63, 3.8) is 0 Å². The molecular weight excluding hydrogens is 248 g/mol. The SMILES string of the molecule is CN1CCC(N(C)c2cnn(-c3ccccc3)c2)CC1. The number of likely N-dealkylation sites (tertiary alicyclic amines) is 1. The Hall–Kier alpha value is -1.81. The summed E-state index contributed by atoms with van der Waals surface area (Å²) in [6.07, 6.45) is 6.53. The average molecular weight is 270 g/mol. The van der Waals surface area contributed by atoms with Crippen LogP contribution in [0.4, 0.5) is 5.69 Å². The molecule has 0 atom stereocenters. The van der Waals surface area contributed by atoms with E-state index in [1.807, 2.05) is 29.1 Å². The lowest BCUT2D eigenvalue weighted by molar-refractivity contribution is 0.253. The van der Waals surface area contributed by atoms with Crippen LogP contribution >= 0.6 is 0 Å². The van der Waals surface area contributed by atoms with Crippen molar-refractivity contribution in [3.05, 3.63) is 42.7 Å². The van der Waals surface area contributed by atoms with Crippen LogP contribution in [-0.2, 0) is 0 Å². The predicted octanol–water partition coefficient (Wildman–Crippen LogP) is 2.40. The summed E-state index contributed by atoms with van der Waals surface area (Å²) in [6.45, 7) is 2.36. The molecule has 0 radical (unpaired) electrons. The van der Waals surface area contributed by atoms with Crippen molar-refractivity contribution < 1.29 is 0 Å². The minimum atomic E-state index is 0.625. The van der Waals surface area contributed by atoms with Crippen LogP contribution in [-0.4, -0.2) is 47.9 Å². The van der Waals surface area contributed by atoms with Gasteiger partial charge in [0.15, 0.2) is 0 Å². The molecule has 0 amide bonds. The van der Waals surface area contributed by atoms with Gasteiger partial charge >= 0.3 is 0 Å². The first-order valence-corrected chi connectivity index (χ1v) is 7.25. The minimum Gasteiger partial charge on any atom is -0.369 e. The summed E-state index contributed by atoms with van der Waals surface area (Å²) in [5.41, 5.74) is 2.30. The molecule has 0 bridgehead atoms. The van der Waals surface area contributed by atoms with Gasteiger partial charge in [-0.15, -0.1) is 0 Å². The van der Waals surface area contributed by atoms with Crippen molar-refractivity contribution in [2.75, 3.05) is 32.1 Å². The predicted molar refractivity (Wildman–Crippen MR) is 82.5 cm³/mol. The molecule has 0 spiro atoms. The topological polar surface area (TPSA) is 24.3 Å². The highest BCUT2D eigenvalue weighted by atomic mass is 15.3. The number of aromatic nitrogens is 2. The molecule has 2 heterocycles. The average Bonchev–Trinajstić information content (AvgIpc) is 2.98. The van der Waals surface area contributed by atoms with Gasteiger partial charge in [-0.3, -0.25) is 0 Å². The van der Waals surface area contributed by atoms with E-state index in [1.54, 1.807) is 0 Å².